The van der Waals surface area contributed by atoms with E-state index in [4.69, 9.17) is 14.2 Å². The van der Waals surface area contributed by atoms with Crippen LogP contribution in [-0.2, 0) is 4.79 Å². The Balaban J connectivity index is 1.43. The molecule has 1 aromatic heterocycles. The van der Waals surface area contributed by atoms with Crippen molar-refractivity contribution in [2.45, 2.75) is 26.7 Å². The lowest BCUT2D eigenvalue weighted by Crippen LogP contribution is -2.24. The minimum Gasteiger partial charge on any atom is -0.495 e. The van der Waals surface area contributed by atoms with Crippen LogP contribution in [-0.4, -0.2) is 43.2 Å². The first kappa shape index (κ1) is 21.9. The van der Waals surface area contributed by atoms with E-state index in [0.717, 1.165) is 29.2 Å². The van der Waals surface area contributed by atoms with E-state index in [2.05, 4.69) is 5.32 Å². The van der Waals surface area contributed by atoms with Gasteiger partial charge in [-0.3, -0.25) is 9.59 Å². The number of methoxy groups -OCH3 is 1. The lowest BCUT2D eigenvalue weighted by Gasteiger charge is -2.20. The quantitative estimate of drug-likeness (QED) is 0.614. The summed E-state index contributed by atoms with van der Waals surface area (Å²) >= 11 is 0. The molecule has 0 atom stereocenters. The minimum atomic E-state index is -0.222. The maximum atomic E-state index is 13.2. The molecule has 34 heavy (non-hydrogen) atoms. The summed E-state index contributed by atoms with van der Waals surface area (Å²) in [6.07, 6.45) is 1.33. The topological polar surface area (TPSA) is 82.0 Å². The summed E-state index contributed by atoms with van der Waals surface area (Å²) in [5.74, 6) is 1.86. The molecule has 2 amide bonds. The number of carbonyl (C=O) groups excluding carboxylic acids is 2. The first-order chi connectivity index (χ1) is 16.5. The van der Waals surface area contributed by atoms with Crippen molar-refractivity contribution in [1.29, 1.82) is 0 Å². The van der Waals surface area contributed by atoms with Gasteiger partial charge in [-0.15, -0.1) is 0 Å². The smallest absolute Gasteiger partial charge is 0.257 e. The molecule has 8 nitrogen and oxygen atoms in total. The second-order valence-electron chi connectivity index (χ2n) is 8.44. The molecular formula is C26H27N3O5. The molecule has 2 aliphatic rings. The van der Waals surface area contributed by atoms with Crippen molar-refractivity contribution in [3.63, 3.8) is 0 Å². The summed E-state index contributed by atoms with van der Waals surface area (Å²) in [6.45, 7) is 5.58. The summed E-state index contributed by atoms with van der Waals surface area (Å²) in [7, 11) is 1.57. The van der Waals surface area contributed by atoms with Gasteiger partial charge in [0, 0.05) is 41.8 Å². The molecule has 2 aromatic carbocycles. The Labute approximate surface area is 198 Å². The highest BCUT2D eigenvalue weighted by Gasteiger charge is 2.25. The van der Waals surface area contributed by atoms with Crippen molar-refractivity contribution in [1.82, 2.24) is 4.57 Å². The van der Waals surface area contributed by atoms with Gasteiger partial charge in [-0.05, 0) is 56.7 Å². The number of hydrogen-bond acceptors (Lipinski definition) is 5. The molecular weight excluding hydrogens is 434 g/mol. The Kier molecular flexibility index (Phi) is 5.65. The molecule has 3 aromatic rings. The third-order valence-corrected chi connectivity index (χ3v) is 6.26. The maximum absolute atomic E-state index is 13.2. The molecule has 1 saturated heterocycles. The molecule has 0 bridgehead atoms. The van der Waals surface area contributed by atoms with E-state index in [0.29, 0.717) is 54.6 Å². The average molecular weight is 462 g/mol. The van der Waals surface area contributed by atoms with Gasteiger partial charge in [-0.2, -0.15) is 0 Å². The molecule has 8 heteroatoms. The van der Waals surface area contributed by atoms with Gasteiger partial charge in [-0.25, -0.2) is 0 Å². The Hall–Kier alpha value is -3.94. The summed E-state index contributed by atoms with van der Waals surface area (Å²) < 4.78 is 18.8. The largest absolute Gasteiger partial charge is 0.495 e. The fourth-order valence-corrected chi connectivity index (χ4v) is 4.64. The molecule has 5 rings (SSSR count). The number of amides is 2. The van der Waals surface area contributed by atoms with E-state index in [1.54, 1.807) is 30.2 Å². The van der Waals surface area contributed by atoms with E-state index in [9.17, 15) is 9.59 Å². The standard InChI is InChI=1S/C26H27N3O5/c1-16-13-20(17(2)29(16)19-7-9-23-24(15-19)34-12-11-33-23)26(31)27-18-6-8-22(32-3)21(14-18)28-10-4-5-25(28)30/h6-9,13-15H,4-5,10-12H2,1-3H3,(H,27,31). The third-order valence-electron chi connectivity index (χ3n) is 6.26. The number of rotatable bonds is 5. The van der Waals surface area contributed by atoms with E-state index in [1.807, 2.05) is 42.7 Å². The number of carbonyl (C=O) groups is 2. The van der Waals surface area contributed by atoms with Crippen molar-refractivity contribution in [3.05, 3.63) is 59.4 Å². The predicted octanol–water partition coefficient (Wildman–Crippen LogP) is 4.25. The molecule has 1 N–H and O–H groups in total. The van der Waals surface area contributed by atoms with Crippen LogP contribution < -0.4 is 24.4 Å². The lowest BCUT2D eigenvalue weighted by molar-refractivity contribution is -0.117. The summed E-state index contributed by atoms with van der Waals surface area (Å²) in [5.41, 5.74) is 4.49. The Bertz CT molecular complexity index is 1280. The van der Waals surface area contributed by atoms with Crippen LogP contribution in [0.5, 0.6) is 17.2 Å². The van der Waals surface area contributed by atoms with Crippen molar-refractivity contribution < 1.29 is 23.8 Å². The van der Waals surface area contributed by atoms with Gasteiger partial charge >= 0.3 is 0 Å². The third kappa shape index (κ3) is 3.85. The number of ether oxygens (including phenoxy) is 3. The first-order valence-electron chi connectivity index (χ1n) is 11.3. The van der Waals surface area contributed by atoms with E-state index in [-0.39, 0.29) is 11.8 Å². The maximum Gasteiger partial charge on any atom is 0.257 e. The fourth-order valence-electron chi connectivity index (χ4n) is 4.64. The van der Waals surface area contributed by atoms with Gasteiger partial charge in [0.1, 0.15) is 19.0 Å². The fraction of sp³-hybridized carbons (Fsp3) is 0.308. The zero-order chi connectivity index (χ0) is 23.8. The number of nitrogens with zero attached hydrogens (tertiary/aromatic N) is 2. The van der Waals surface area contributed by atoms with Gasteiger partial charge < -0.3 is 29.0 Å². The number of nitrogens with one attached hydrogen (secondary N) is 1. The number of benzene rings is 2. The van der Waals surface area contributed by atoms with E-state index in [1.165, 1.54) is 0 Å². The van der Waals surface area contributed by atoms with E-state index >= 15 is 0 Å². The molecule has 176 valence electrons. The second kappa shape index (κ2) is 8.78. The number of fused-ring (bicyclic) bond motifs is 1. The minimum absolute atomic E-state index is 0.0600. The van der Waals surface area contributed by atoms with Crippen molar-refractivity contribution in [2.24, 2.45) is 0 Å². The van der Waals surface area contributed by atoms with Gasteiger partial charge in [0.25, 0.3) is 5.91 Å². The Morgan fingerprint density at radius 1 is 1.03 bits per heavy atom. The Morgan fingerprint density at radius 3 is 2.56 bits per heavy atom. The van der Waals surface area contributed by atoms with Crippen molar-refractivity contribution >= 4 is 23.2 Å². The molecule has 0 unspecified atom stereocenters. The van der Waals surface area contributed by atoms with Crippen LogP contribution >= 0.6 is 0 Å². The van der Waals surface area contributed by atoms with Crippen LogP contribution in [0.1, 0.15) is 34.6 Å². The normalized spacial score (nSPS) is 14.9. The number of anilines is 2. The lowest BCUT2D eigenvalue weighted by atomic mass is 10.2. The molecule has 0 saturated carbocycles. The SMILES string of the molecule is COc1ccc(NC(=O)c2cc(C)n(-c3ccc4c(c3)OCCO4)c2C)cc1N1CCCC1=O. The summed E-state index contributed by atoms with van der Waals surface area (Å²) in [6, 6.07) is 13.0. The highest BCUT2D eigenvalue weighted by molar-refractivity contribution is 6.06. The van der Waals surface area contributed by atoms with Gasteiger partial charge in [0.2, 0.25) is 5.91 Å². The first-order valence-corrected chi connectivity index (χ1v) is 11.3. The Morgan fingerprint density at radius 2 is 1.82 bits per heavy atom. The van der Waals surface area contributed by atoms with Crippen LogP contribution in [0, 0.1) is 13.8 Å². The van der Waals surface area contributed by atoms with Crippen molar-refractivity contribution in [3.8, 4) is 22.9 Å². The second-order valence-corrected chi connectivity index (χ2v) is 8.44. The van der Waals surface area contributed by atoms with E-state index < -0.39 is 0 Å². The molecule has 2 aliphatic heterocycles. The highest BCUT2D eigenvalue weighted by atomic mass is 16.6. The molecule has 0 spiro atoms. The average Bonchev–Trinajstić information content (AvgIpc) is 3.40. The van der Waals surface area contributed by atoms with Gasteiger partial charge in [0.15, 0.2) is 11.5 Å². The van der Waals surface area contributed by atoms with Crippen LogP contribution in [0.2, 0.25) is 0 Å². The van der Waals surface area contributed by atoms with Gasteiger partial charge in [0.05, 0.1) is 18.4 Å². The molecule has 3 heterocycles. The number of hydrogen-bond donors (Lipinski definition) is 1. The number of aryl methyl sites for hydroxylation is 1. The van der Waals surface area contributed by atoms with Crippen LogP contribution in [0.15, 0.2) is 42.5 Å². The predicted molar refractivity (Wildman–Crippen MR) is 129 cm³/mol. The zero-order valence-corrected chi connectivity index (χ0v) is 19.5. The van der Waals surface area contributed by atoms with Crippen LogP contribution in [0.25, 0.3) is 5.69 Å². The molecule has 0 radical (unpaired) electrons. The molecule has 1 fully saturated rings. The highest BCUT2D eigenvalue weighted by Crippen LogP contribution is 2.35. The molecule has 0 aliphatic carbocycles. The zero-order valence-electron chi connectivity index (χ0n) is 19.5. The van der Waals surface area contributed by atoms with Crippen molar-refractivity contribution in [2.75, 3.05) is 37.1 Å². The summed E-state index contributed by atoms with van der Waals surface area (Å²) in [4.78, 5) is 27.2. The monoisotopic (exact) mass is 461 g/mol. The van der Waals surface area contributed by atoms with Gasteiger partial charge in [-0.1, -0.05) is 0 Å². The summed E-state index contributed by atoms with van der Waals surface area (Å²) in [5, 5.41) is 2.98. The number of aromatic nitrogens is 1. The van der Waals surface area contributed by atoms with Crippen LogP contribution in [0.4, 0.5) is 11.4 Å². The van der Waals surface area contributed by atoms with Crippen LogP contribution in [0.3, 0.4) is 0 Å².